The lowest BCUT2D eigenvalue weighted by molar-refractivity contribution is -0.140. The fraction of sp³-hybridized carbons (Fsp3) is 0.882. The third-order valence-corrected chi connectivity index (χ3v) is 3.70. The summed E-state index contributed by atoms with van der Waals surface area (Å²) in [4.78, 5) is 24.7. The monoisotopic (exact) mass is 329 g/mol. The number of ether oxygens (including phenoxy) is 3. The highest BCUT2D eigenvalue weighted by Crippen LogP contribution is 2.17. The fourth-order valence-electron chi connectivity index (χ4n) is 2.43. The van der Waals surface area contributed by atoms with Gasteiger partial charge in [0.2, 0.25) is 0 Å². The van der Waals surface area contributed by atoms with E-state index in [1.165, 1.54) is 7.11 Å². The van der Waals surface area contributed by atoms with Crippen molar-refractivity contribution >= 4 is 12.1 Å². The number of esters is 1. The highest BCUT2D eigenvalue weighted by molar-refractivity contribution is 5.69. The van der Waals surface area contributed by atoms with Crippen molar-refractivity contribution in [2.45, 2.75) is 71.0 Å². The maximum Gasteiger partial charge on any atom is 0.410 e. The minimum atomic E-state index is -0.450. The molecule has 6 heteroatoms. The number of likely N-dealkylation sites (tertiary alicyclic amines) is 1. The molecule has 0 spiro atoms. The van der Waals surface area contributed by atoms with E-state index in [4.69, 9.17) is 9.47 Å². The van der Waals surface area contributed by atoms with Crippen molar-refractivity contribution in [1.29, 1.82) is 0 Å². The van der Waals surface area contributed by atoms with E-state index in [1.807, 2.05) is 20.8 Å². The molecule has 6 nitrogen and oxygen atoms in total. The molecule has 0 aliphatic carbocycles. The van der Waals surface area contributed by atoms with E-state index >= 15 is 0 Å². The summed E-state index contributed by atoms with van der Waals surface area (Å²) in [6, 6.07) is 0. The van der Waals surface area contributed by atoms with Gasteiger partial charge in [-0.3, -0.25) is 4.79 Å². The molecule has 0 atom stereocenters. The van der Waals surface area contributed by atoms with Gasteiger partial charge in [-0.25, -0.2) is 4.79 Å². The largest absolute Gasteiger partial charge is 0.469 e. The van der Waals surface area contributed by atoms with E-state index in [-0.39, 0.29) is 18.2 Å². The average molecular weight is 329 g/mol. The zero-order valence-corrected chi connectivity index (χ0v) is 14.9. The molecular formula is C17H31NO5. The number of rotatable bonds is 7. The van der Waals surface area contributed by atoms with Crippen LogP contribution in [-0.2, 0) is 19.0 Å². The zero-order valence-electron chi connectivity index (χ0n) is 14.9. The van der Waals surface area contributed by atoms with Crippen LogP contribution in [-0.4, -0.2) is 55.5 Å². The standard InChI is InChI=1S/C17H31NO5/c1-17(2,3)23-16(20)18-11-9-14(10-12-18)22-13-7-5-6-8-15(19)21-4/h14H,5-13H2,1-4H3. The molecule has 23 heavy (non-hydrogen) atoms. The molecule has 1 aliphatic heterocycles. The van der Waals surface area contributed by atoms with Crippen LogP contribution in [0.1, 0.15) is 59.3 Å². The normalized spacial score (nSPS) is 16.3. The SMILES string of the molecule is COC(=O)CCCCCOC1CCN(C(=O)OC(C)(C)C)CC1. The van der Waals surface area contributed by atoms with E-state index in [9.17, 15) is 9.59 Å². The van der Waals surface area contributed by atoms with Gasteiger partial charge in [-0.05, 0) is 46.5 Å². The topological polar surface area (TPSA) is 65.1 Å². The van der Waals surface area contributed by atoms with Gasteiger partial charge in [-0.15, -0.1) is 0 Å². The molecule has 0 N–H and O–H groups in total. The second-order valence-corrected chi connectivity index (χ2v) is 6.92. The Kier molecular flexibility index (Phi) is 8.37. The number of carbonyl (C=O) groups excluding carboxylic acids is 2. The maximum atomic E-state index is 12.0. The number of hydrogen-bond donors (Lipinski definition) is 0. The summed E-state index contributed by atoms with van der Waals surface area (Å²) in [6.07, 6.45) is 4.91. The molecule has 1 saturated heterocycles. The Balaban J connectivity index is 2.08. The zero-order chi connectivity index (χ0) is 17.3. The van der Waals surface area contributed by atoms with Crippen molar-refractivity contribution in [2.24, 2.45) is 0 Å². The van der Waals surface area contributed by atoms with Crippen LogP contribution in [0.15, 0.2) is 0 Å². The van der Waals surface area contributed by atoms with E-state index in [0.717, 1.165) is 32.1 Å². The molecule has 1 aliphatic rings. The van der Waals surface area contributed by atoms with Crippen molar-refractivity contribution in [3.63, 3.8) is 0 Å². The van der Waals surface area contributed by atoms with E-state index in [2.05, 4.69) is 4.74 Å². The third-order valence-electron chi connectivity index (χ3n) is 3.70. The summed E-state index contributed by atoms with van der Waals surface area (Å²) in [5.74, 6) is -0.152. The molecule has 0 radical (unpaired) electrons. The smallest absolute Gasteiger partial charge is 0.410 e. The molecule has 1 amide bonds. The number of piperidine rings is 1. The Hall–Kier alpha value is -1.30. The summed E-state index contributed by atoms with van der Waals surface area (Å²) < 4.78 is 15.8. The first-order valence-corrected chi connectivity index (χ1v) is 8.48. The third kappa shape index (κ3) is 8.79. The van der Waals surface area contributed by atoms with E-state index in [0.29, 0.717) is 26.1 Å². The Labute approximate surface area is 139 Å². The highest BCUT2D eigenvalue weighted by atomic mass is 16.6. The lowest BCUT2D eigenvalue weighted by Gasteiger charge is -2.33. The molecule has 0 bridgehead atoms. The van der Waals surface area contributed by atoms with Crippen LogP contribution in [0.25, 0.3) is 0 Å². The van der Waals surface area contributed by atoms with Crippen LogP contribution in [0.5, 0.6) is 0 Å². The molecule has 134 valence electrons. The van der Waals surface area contributed by atoms with Gasteiger partial charge in [0.1, 0.15) is 5.60 Å². The van der Waals surface area contributed by atoms with Gasteiger partial charge in [0.05, 0.1) is 13.2 Å². The van der Waals surface area contributed by atoms with E-state index < -0.39 is 5.60 Å². The average Bonchev–Trinajstić information content (AvgIpc) is 2.49. The molecule has 1 heterocycles. The number of amides is 1. The summed E-state index contributed by atoms with van der Waals surface area (Å²) >= 11 is 0. The molecule has 1 fully saturated rings. The summed E-state index contributed by atoms with van der Waals surface area (Å²) in [7, 11) is 1.41. The predicted octanol–water partition coefficient (Wildman–Crippen LogP) is 3.14. The minimum absolute atomic E-state index is 0.152. The Bertz CT molecular complexity index is 370. The number of unbranched alkanes of at least 4 members (excludes halogenated alkanes) is 2. The van der Waals surface area contributed by atoms with Crippen molar-refractivity contribution in [3.05, 3.63) is 0 Å². The van der Waals surface area contributed by atoms with Gasteiger partial charge >= 0.3 is 12.1 Å². The van der Waals surface area contributed by atoms with Crippen LogP contribution in [0.2, 0.25) is 0 Å². The molecule has 1 rings (SSSR count). The second-order valence-electron chi connectivity index (χ2n) is 6.92. The second kappa shape index (κ2) is 9.75. The van der Waals surface area contributed by atoms with Crippen molar-refractivity contribution < 1.29 is 23.8 Å². The molecular weight excluding hydrogens is 298 g/mol. The molecule has 0 aromatic carbocycles. The molecule has 0 aromatic heterocycles. The van der Waals surface area contributed by atoms with Crippen LogP contribution in [0.4, 0.5) is 4.79 Å². The van der Waals surface area contributed by atoms with Crippen molar-refractivity contribution in [1.82, 2.24) is 4.90 Å². The number of nitrogens with zero attached hydrogens (tertiary/aromatic N) is 1. The van der Waals surface area contributed by atoms with Crippen LogP contribution < -0.4 is 0 Å². The summed E-state index contributed by atoms with van der Waals surface area (Å²) in [5.41, 5.74) is -0.450. The van der Waals surface area contributed by atoms with Gasteiger partial charge < -0.3 is 19.1 Å². The highest BCUT2D eigenvalue weighted by Gasteiger charge is 2.26. The molecule has 0 saturated carbocycles. The van der Waals surface area contributed by atoms with Gasteiger partial charge in [-0.2, -0.15) is 0 Å². The molecule has 0 aromatic rings. The quantitative estimate of drug-likeness (QED) is 0.530. The Morgan fingerprint density at radius 2 is 1.74 bits per heavy atom. The van der Waals surface area contributed by atoms with Gasteiger partial charge in [-0.1, -0.05) is 6.42 Å². The number of methoxy groups -OCH3 is 1. The Morgan fingerprint density at radius 3 is 2.30 bits per heavy atom. The first-order chi connectivity index (χ1) is 10.8. The summed E-state index contributed by atoms with van der Waals surface area (Å²) in [6.45, 7) is 7.70. The first-order valence-electron chi connectivity index (χ1n) is 8.48. The van der Waals surface area contributed by atoms with Gasteiger partial charge in [0.15, 0.2) is 0 Å². The summed E-state index contributed by atoms with van der Waals surface area (Å²) in [5, 5.41) is 0. The number of carbonyl (C=O) groups is 2. The fourth-order valence-corrected chi connectivity index (χ4v) is 2.43. The van der Waals surface area contributed by atoms with E-state index in [1.54, 1.807) is 4.90 Å². The lowest BCUT2D eigenvalue weighted by Crippen LogP contribution is -2.43. The minimum Gasteiger partial charge on any atom is -0.469 e. The van der Waals surface area contributed by atoms with Gasteiger partial charge in [0, 0.05) is 26.1 Å². The van der Waals surface area contributed by atoms with Crippen LogP contribution in [0, 0.1) is 0 Å². The van der Waals surface area contributed by atoms with Crippen LogP contribution >= 0.6 is 0 Å². The van der Waals surface area contributed by atoms with Crippen molar-refractivity contribution in [3.8, 4) is 0 Å². The number of hydrogen-bond acceptors (Lipinski definition) is 5. The first kappa shape index (κ1) is 19.7. The van der Waals surface area contributed by atoms with Crippen LogP contribution in [0.3, 0.4) is 0 Å². The lowest BCUT2D eigenvalue weighted by atomic mass is 10.1. The molecule has 0 unspecified atom stereocenters. The van der Waals surface area contributed by atoms with Gasteiger partial charge in [0.25, 0.3) is 0 Å². The van der Waals surface area contributed by atoms with Crippen molar-refractivity contribution in [2.75, 3.05) is 26.8 Å². The predicted molar refractivity (Wildman–Crippen MR) is 87.3 cm³/mol. The maximum absolute atomic E-state index is 12.0. The Morgan fingerprint density at radius 1 is 1.09 bits per heavy atom.